The Kier molecular flexibility index (Phi) is 2.46. The van der Waals surface area contributed by atoms with Gasteiger partial charge in [0, 0.05) is 11.3 Å². The van der Waals surface area contributed by atoms with E-state index >= 15 is 0 Å². The third kappa shape index (κ3) is 2.01. The van der Waals surface area contributed by atoms with Crippen LogP contribution in [0, 0.1) is 0 Å². The molecule has 15 heavy (non-hydrogen) atoms. The van der Waals surface area contributed by atoms with E-state index < -0.39 is 0 Å². The predicted octanol–water partition coefficient (Wildman–Crippen LogP) is 2.91. The number of phenolic OH excluding ortho intramolecular Hbond substituents is 1. The molecule has 0 amide bonds. The Morgan fingerprint density at radius 2 is 2.07 bits per heavy atom. The van der Waals surface area contributed by atoms with Crippen LogP contribution in [-0.2, 0) is 0 Å². The van der Waals surface area contributed by atoms with Gasteiger partial charge in [-0.05, 0) is 24.1 Å². The Hall–Kier alpha value is -1.77. The summed E-state index contributed by atoms with van der Waals surface area (Å²) in [6.07, 6.45) is 0. The summed E-state index contributed by atoms with van der Waals surface area (Å²) in [6.45, 7) is 4.22. The van der Waals surface area contributed by atoms with Crippen molar-refractivity contribution in [1.82, 2.24) is 10.2 Å². The lowest BCUT2D eigenvalue weighted by molar-refractivity contribution is 0.475. The molecule has 78 valence electrons. The first-order chi connectivity index (χ1) is 7.16. The molecular formula is C12H14N2O. The first kappa shape index (κ1) is 9.77. The zero-order valence-electron chi connectivity index (χ0n) is 8.86. The SMILES string of the molecule is CC(C)c1cc(-c2cccc(O)c2)n[nH]1. The highest BCUT2D eigenvalue weighted by Crippen LogP contribution is 2.23. The van der Waals surface area contributed by atoms with E-state index in [2.05, 4.69) is 24.0 Å². The molecule has 0 atom stereocenters. The first-order valence-electron chi connectivity index (χ1n) is 5.01. The topological polar surface area (TPSA) is 48.9 Å². The van der Waals surface area contributed by atoms with Crippen molar-refractivity contribution in [1.29, 1.82) is 0 Å². The molecule has 2 aromatic rings. The van der Waals surface area contributed by atoms with Crippen molar-refractivity contribution in [3.63, 3.8) is 0 Å². The summed E-state index contributed by atoms with van der Waals surface area (Å²) in [4.78, 5) is 0. The van der Waals surface area contributed by atoms with Gasteiger partial charge in [-0.3, -0.25) is 5.10 Å². The van der Waals surface area contributed by atoms with Crippen LogP contribution >= 0.6 is 0 Å². The zero-order valence-corrected chi connectivity index (χ0v) is 8.86. The molecule has 3 nitrogen and oxygen atoms in total. The van der Waals surface area contributed by atoms with E-state index in [1.54, 1.807) is 12.1 Å². The van der Waals surface area contributed by atoms with E-state index in [9.17, 15) is 5.11 Å². The van der Waals surface area contributed by atoms with Crippen LogP contribution in [0.4, 0.5) is 0 Å². The van der Waals surface area contributed by atoms with Crippen LogP contribution in [0.5, 0.6) is 5.75 Å². The Morgan fingerprint density at radius 1 is 1.27 bits per heavy atom. The van der Waals surface area contributed by atoms with Crippen molar-refractivity contribution in [3.8, 4) is 17.0 Å². The highest BCUT2D eigenvalue weighted by Gasteiger charge is 2.06. The van der Waals surface area contributed by atoms with Gasteiger partial charge in [0.05, 0.1) is 5.69 Å². The third-order valence-electron chi connectivity index (χ3n) is 2.36. The standard InChI is InChI=1S/C12H14N2O/c1-8(2)11-7-12(14-13-11)9-4-3-5-10(15)6-9/h3-8,15H,1-2H3,(H,13,14). The van der Waals surface area contributed by atoms with Crippen LogP contribution in [-0.4, -0.2) is 15.3 Å². The number of rotatable bonds is 2. The fourth-order valence-electron chi connectivity index (χ4n) is 1.45. The molecule has 0 saturated carbocycles. The number of phenols is 1. The van der Waals surface area contributed by atoms with Crippen LogP contribution in [0.1, 0.15) is 25.5 Å². The molecule has 0 bridgehead atoms. The number of H-pyrrole nitrogens is 1. The molecule has 0 aliphatic carbocycles. The Bertz CT molecular complexity index is 460. The molecule has 2 rings (SSSR count). The summed E-state index contributed by atoms with van der Waals surface area (Å²) in [7, 11) is 0. The Labute approximate surface area is 88.8 Å². The summed E-state index contributed by atoms with van der Waals surface area (Å²) < 4.78 is 0. The highest BCUT2D eigenvalue weighted by atomic mass is 16.3. The van der Waals surface area contributed by atoms with Crippen molar-refractivity contribution in [2.24, 2.45) is 0 Å². The maximum atomic E-state index is 9.35. The van der Waals surface area contributed by atoms with Gasteiger partial charge in [-0.25, -0.2) is 0 Å². The van der Waals surface area contributed by atoms with Crippen LogP contribution in [0.25, 0.3) is 11.3 Å². The van der Waals surface area contributed by atoms with E-state index in [-0.39, 0.29) is 5.75 Å². The number of hydrogen-bond donors (Lipinski definition) is 2. The van der Waals surface area contributed by atoms with Crippen LogP contribution in [0.15, 0.2) is 30.3 Å². The summed E-state index contributed by atoms with van der Waals surface area (Å²) in [6, 6.07) is 9.12. The molecule has 0 aliphatic heterocycles. The number of benzene rings is 1. The lowest BCUT2D eigenvalue weighted by Gasteiger charge is -1.97. The van der Waals surface area contributed by atoms with E-state index in [0.717, 1.165) is 17.0 Å². The second-order valence-electron chi connectivity index (χ2n) is 3.91. The molecule has 2 N–H and O–H groups in total. The molecule has 0 fully saturated rings. The average Bonchev–Trinajstić information content (AvgIpc) is 2.66. The van der Waals surface area contributed by atoms with Crippen molar-refractivity contribution in [3.05, 3.63) is 36.0 Å². The molecule has 0 spiro atoms. The number of aromatic hydroxyl groups is 1. The third-order valence-corrected chi connectivity index (χ3v) is 2.36. The maximum absolute atomic E-state index is 9.35. The fraction of sp³-hybridized carbons (Fsp3) is 0.250. The van der Waals surface area contributed by atoms with Crippen LogP contribution in [0.2, 0.25) is 0 Å². The molecule has 0 radical (unpaired) electrons. The summed E-state index contributed by atoms with van der Waals surface area (Å²) in [5, 5.41) is 16.6. The molecule has 1 aromatic heterocycles. The summed E-state index contributed by atoms with van der Waals surface area (Å²) in [5.74, 6) is 0.699. The molecule has 1 aromatic carbocycles. The average molecular weight is 202 g/mol. The van der Waals surface area contributed by atoms with Gasteiger partial charge in [0.2, 0.25) is 0 Å². The Balaban J connectivity index is 2.37. The van der Waals surface area contributed by atoms with Crippen molar-refractivity contribution in [2.75, 3.05) is 0 Å². The fourth-order valence-corrected chi connectivity index (χ4v) is 1.45. The molecule has 0 saturated heterocycles. The quantitative estimate of drug-likeness (QED) is 0.786. The largest absolute Gasteiger partial charge is 0.508 e. The van der Waals surface area contributed by atoms with E-state index in [0.29, 0.717) is 5.92 Å². The van der Waals surface area contributed by atoms with Gasteiger partial charge in [0.25, 0.3) is 0 Å². The van der Waals surface area contributed by atoms with Crippen molar-refractivity contribution < 1.29 is 5.11 Å². The minimum Gasteiger partial charge on any atom is -0.508 e. The molecule has 3 heteroatoms. The lowest BCUT2D eigenvalue weighted by Crippen LogP contribution is -1.85. The molecular weight excluding hydrogens is 188 g/mol. The van der Waals surface area contributed by atoms with Gasteiger partial charge >= 0.3 is 0 Å². The van der Waals surface area contributed by atoms with E-state index in [4.69, 9.17) is 0 Å². The summed E-state index contributed by atoms with van der Waals surface area (Å²) >= 11 is 0. The second-order valence-corrected chi connectivity index (χ2v) is 3.91. The number of nitrogens with zero attached hydrogens (tertiary/aromatic N) is 1. The first-order valence-corrected chi connectivity index (χ1v) is 5.01. The van der Waals surface area contributed by atoms with Gasteiger partial charge in [-0.15, -0.1) is 0 Å². The second kappa shape index (κ2) is 3.77. The zero-order chi connectivity index (χ0) is 10.8. The predicted molar refractivity (Wildman–Crippen MR) is 59.8 cm³/mol. The van der Waals surface area contributed by atoms with Gasteiger partial charge in [0.1, 0.15) is 5.75 Å². The van der Waals surface area contributed by atoms with Crippen LogP contribution in [0.3, 0.4) is 0 Å². The van der Waals surface area contributed by atoms with Gasteiger partial charge in [-0.1, -0.05) is 26.0 Å². The maximum Gasteiger partial charge on any atom is 0.116 e. The van der Waals surface area contributed by atoms with Crippen molar-refractivity contribution in [2.45, 2.75) is 19.8 Å². The minimum absolute atomic E-state index is 0.265. The van der Waals surface area contributed by atoms with Crippen LogP contribution < -0.4 is 0 Å². The van der Waals surface area contributed by atoms with E-state index in [1.165, 1.54) is 0 Å². The monoisotopic (exact) mass is 202 g/mol. The summed E-state index contributed by atoms with van der Waals surface area (Å²) in [5.41, 5.74) is 2.90. The number of aromatic amines is 1. The molecule has 1 heterocycles. The number of hydrogen-bond acceptors (Lipinski definition) is 2. The van der Waals surface area contributed by atoms with Gasteiger partial charge in [0.15, 0.2) is 0 Å². The lowest BCUT2D eigenvalue weighted by atomic mass is 10.1. The molecule has 0 unspecified atom stereocenters. The minimum atomic E-state index is 0.265. The van der Waals surface area contributed by atoms with Crippen molar-refractivity contribution >= 4 is 0 Å². The van der Waals surface area contributed by atoms with Gasteiger partial charge in [-0.2, -0.15) is 5.10 Å². The normalized spacial score (nSPS) is 10.9. The number of nitrogens with one attached hydrogen (secondary N) is 1. The highest BCUT2D eigenvalue weighted by molar-refractivity contribution is 5.61. The Morgan fingerprint density at radius 3 is 2.67 bits per heavy atom. The number of aromatic nitrogens is 2. The molecule has 0 aliphatic rings. The smallest absolute Gasteiger partial charge is 0.116 e. The van der Waals surface area contributed by atoms with Gasteiger partial charge < -0.3 is 5.11 Å². The van der Waals surface area contributed by atoms with E-state index in [1.807, 2.05) is 18.2 Å².